The number of aldehydes is 1. The number of halogens is 3. The maximum Gasteiger partial charge on any atom is 0.389 e. The van der Waals surface area contributed by atoms with E-state index in [9.17, 15) is 22.8 Å². The van der Waals surface area contributed by atoms with E-state index in [0.717, 1.165) is 0 Å². The van der Waals surface area contributed by atoms with Gasteiger partial charge in [-0.1, -0.05) is 13.0 Å². The first-order valence-electron chi connectivity index (χ1n) is 6.71. The average Bonchev–Trinajstić information content (AvgIpc) is 2.27. The molecule has 0 aromatic heterocycles. The molecule has 0 N–H and O–H groups in total. The quantitative estimate of drug-likeness (QED) is 0.520. The third-order valence-corrected chi connectivity index (χ3v) is 2.61. The molecule has 0 aliphatic heterocycles. The molecule has 0 saturated heterocycles. The van der Waals surface area contributed by atoms with E-state index in [0.29, 0.717) is 19.2 Å². The average molecular weight is 310 g/mol. The SMILES string of the molecule is C=CC[C@@H](C)[C@H](C=O)CCC(F)(F)F.CC(C)(C)OC=O. The fourth-order valence-electron chi connectivity index (χ4n) is 1.40. The lowest BCUT2D eigenvalue weighted by molar-refractivity contribution is -0.140. The van der Waals surface area contributed by atoms with Gasteiger partial charge in [0.15, 0.2) is 0 Å². The predicted molar refractivity (Wildman–Crippen MR) is 75.7 cm³/mol. The van der Waals surface area contributed by atoms with Crippen molar-refractivity contribution in [3.8, 4) is 0 Å². The van der Waals surface area contributed by atoms with Crippen molar-refractivity contribution in [3.05, 3.63) is 12.7 Å². The molecule has 0 unspecified atom stereocenters. The number of rotatable bonds is 7. The van der Waals surface area contributed by atoms with Crippen LogP contribution in [0.15, 0.2) is 12.7 Å². The van der Waals surface area contributed by atoms with Crippen LogP contribution >= 0.6 is 0 Å². The minimum absolute atomic E-state index is 0.0626. The highest BCUT2D eigenvalue weighted by Crippen LogP contribution is 2.27. The molecule has 0 amide bonds. The van der Waals surface area contributed by atoms with Crippen LogP contribution < -0.4 is 0 Å². The van der Waals surface area contributed by atoms with E-state index < -0.39 is 18.5 Å². The number of allylic oxidation sites excluding steroid dienone is 1. The van der Waals surface area contributed by atoms with E-state index in [1.165, 1.54) is 0 Å². The number of ether oxygens (including phenoxy) is 1. The Morgan fingerprint density at radius 1 is 1.19 bits per heavy atom. The van der Waals surface area contributed by atoms with Crippen molar-refractivity contribution in [2.24, 2.45) is 11.8 Å². The lowest BCUT2D eigenvalue weighted by Gasteiger charge is -2.17. The van der Waals surface area contributed by atoms with E-state index in [2.05, 4.69) is 11.3 Å². The summed E-state index contributed by atoms with van der Waals surface area (Å²) in [7, 11) is 0. The Labute approximate surface area is 124 Å². The van der Waals surface area contributed by atoms with Crippen molar-refractivity contribution in [1.82, 2.24) is 0 Å². The van der Waals surface area contributed by atoms with Gasteiger partial charge in [-0.05, 0) is 39.5 Å². The molecule has 0 radical (unpaired) electrons. The van der Waals surface area contributed by atoms with Gasteiger partial charge in [-0.15, -0.1) is 6.58 Å². The first-order valence-corrected chi connectivity index (χ1v) is 6.71. The summed E-state index contributed by atoms with van der Waals surface area (Å²) >= 11 is 0. The molecule has 0 saturated carbocycles. The zero-order valence-corrected chi connectivity index (χ0v) is 13.1. The normalized spacial score (nSPS) is 14.2. The van der Waals surface area contributed by atoms with Gasteiger partial charge in [-0.2, -0.15) is 13.2 Å². The minimum atomic E-state index is -4.17. The van der Waals surface area contributed by atoms with Gasteiger partial charge in [-0.25, -0.2) is 0 Å². The number of alkyl halides is 3. The molecule has 0 aromatic carbocycles. The Morgan fingerprint density at radius 2 is 1.71 bits per heavy atom. The molecule has 3 nitrogen and oxygen atoms in total. The summed E-state index contributed by atoms with van der Waals surface area (Å²) < 4.78 is 40.1. The van der Waals surface area contributed by atoms with Crippen molar-refractivity contribution < 1.29 is 27.5 Å². The second-order valence-electron chi connectivity index (χ2n) is 5.78. The molecule has 0 bridgehead atoms. The molecule has 21 heavy (non-hydrogen) atoms. The van der Waals surface area contributed by atoms with Crippen LogP contribution in [0.3, 0.4) is 0 Å². The van der Waals surface area contributed by atoms with E-state index in [-0.39, 0.29) is 17.9 Å². The summed E-state index contributed by atoms with van der Waals surface area (Å²) in [5, 5.41) is 0. The summed E-state index contributed by atoms with van der Waals surface area (Å²) in [5.41, 5.74) is -0.318. The Kier molecular flexibility index (Phi) is 10.9. The van der Waals surface area contributed by atoms with Gasteiger partial charge in [-0.3, -0.25) is 4.79 Å². The highest BCUT2D eigenvalue weighted by atomic mass is 19.4. The third kappa shape index (κ3) is 16.6. The topological polar surface area (TPSA) is 43.4 Å². The molecule has 0 heterocycles. The van der Waals surface area contributed by atoms with Crippen LogP contribution in [0, 0.1) is 11.8 Å². The molecular weight excluding hydrogens is 285 g/mol. The van der Waals surface area contributed by atoms with Crippen molar-refractivity contribution in [2.75, 3.05) is 0 Å². The summed E-state index contributed by atoms with van der Waals surface area (Å²) in [6.45, 7) is 11.2. The van der Waals surface area contributed by atoms with Crippen LogP contribution in [0.1, 0.15) is 47.0 Å². The van der Waals surface area contributed by atoms with Gasteiger partial charge in [0.25, 0.3) is 6.47 Å². The number of hydrogen-bond acceptors (Lipinski definition) is 3. The predicted octanol–water partition coefficient (Wildman–Crippen LogP) is 4.31. The van der Waals surface area contributed by atoms with Crippen LogP contribution in [0.25, 0.3) is 0 Å². The highest BCUT2D eigenvalue weighted by Gasteiger charge is 2.29. The molecule has 0 aromatic rings. The molecule has 6 heteroatoms. The van der Waals surface area contributed by atoms with Gasteiger partial charge < -0.3 is 9.53 Å². The first-order chi connectivity index (χ1) is 9.46. The number of carbonyl (C=O) groups is 2. The van der Waals surface area contributed by atoms with E-state index in [4.69, 9.17) is 0 Å². The molecule has 0 rings (SSSR count). The number of carbonyl (C=O) groups excluding carboxylic acids is 2. The van der Waals surface area contributed by atoms with Gasteiger partial charge in [0, 0.05) is 12.3 Å². The summed E-state index contributed by atoms with van der Waals surface area (Å²) in [6, 6.07) is 0. The Bertz CT molecular complexity index is 306. The molecular formula is C15H25F3O3. The highest BCUT2D eigenvalue weighted by molar-refractivity contribution is 5.53. The summed E-state index contributed by atoms with van der Waals surface area (Å²) in [6.07, 6.45) is -2.38. The lowest BCUT2D eigenvalue weighted by atomic mass is 9.88. The van der Waals surface area contributed by atoms with Gasteiger partial charge in [0.1, 0.15) is 11.9 Å². The fourth-order valence-corrected chi connectivity index (χ4v) is 1.40. The van der Waals surface area contributed by atoms with E-state index in [1.807, 2.05) is 20.8 Å². The van der Waals surface area contributed by atoms with Crippen molar-refractivity contribution in [2.45, 2.75) is 58.7 Å². The van der Waals surface area contributed by atoms with Crippen LogP contribution in [0.2, 0.25) is 0 Å². The lowest BCUT2D eigenvalue weighted by Crippen LogP contribution is -2.17. The van der Waals surface area contributed by atoms with Crippen LogP contribution in [0.5, 0.6) is 0 Å². The zero-order chi connectivity index (χ0) is 17.1. The molecule has 0 spiro atoms. The monoisotopic (exact) mass is 310 g/mol. The van der Waals surface area contributed by atoms with Crippen LogP contribution in [0.4, 0.5) is 13.2 Å². The van der Waals surface area contributed by atoms with E-state index >= 15 is 0 Å². The van der Waals surface area contributed by atoms with Gasteiger partial charge in [0.2, 0.25) is 0 Å². The smallest absolute Gasteiger partial charge is 0.389 e. The van der Waals surface area contributed by atoms with Crippen molar-refractivity contribution in [3.63, 3.8) is 0 Å². The number of hydrogen-bond donors (Lipinski definition) is 0. The standard InChI is InChI=1S/C10H15F3O.C5H10O2/c1-3-4-8(2)9(7-14)5-6-10(11,12)13;1-5(2,3)7-4-6/h3,7-9H,1,4-6H2,2H3;4H,1-3H3/t8-,9+;/m1./s1. The van der Waals surface area contributed by atoms with Gasteiger partial charge >= 0.3 is 6.18 Å². The van der Waals surface area contributed by atoms with E-state index in [1.54, 1.807) is 13.0 Å². The fraction of sp³-hybridized carbons (Fsp3) is 0.733. The Morgan fingerprint density at radius 3 is 1.95 bits per heavy atom. The zero-order valence-electron chi connectivity index (χ0n) is 13.1. The molecule has 2 atom stereocenters. The third-order valence-electron chi connectivity index (χ3n) is 2.61. The minimum Gasteiger partial charge on any atom is -0.462 e. The van der Waals surface area contributed by atoms with Crippen LogP contribution in [-0.4, -0.2) is 24.5 Å². The van der Waals surface area contributed by atoms with Crippen molar-refractivity contribution >= 4 is 12.8 Å². The maximum atomic E-state index is 11.9. The Hall–Kier alpha value is -1.33. The second-order valence-corrected chi connectivity index (χ2v) is 5.78. The molecule has 0 aliphatic carbocycles. The largest absolute Gasteiger partial charge is 0.462 e. The molecule has 0 fully saturated rings. The summed E-state index contributed by atoms with van der Waals surface area (Å²) in [5.74, 6) is -0.582. The Balaban J connectivity index is 0. The van der Waals surface area contributed by atoms with Gasteiger partial charge in [0.05, 0.1) is 0 Å². The second kappa shape index (κ2) is 10.4. The van der Waals surface area contributed by atoms with Crippen molar-refractivity contribution in [1.29, 1.82) is 0 Å². The first kappa shape index (κ1) is 22.0. The van der Waals surface area contributed by atoms with Crippen LogP contribution in [-0.2, 0) is 14.3 Å². The summed E-state index contributed by atoms with van der Waals surface area (Å²) in [4.78, 5) is 20.1. The maximum absolute atomic E-state index is 11.9. The molecule has 124 valence electrons. The molecule has 0 aliphatic rings.